The molecule has 0 spiro atoms. The maximum absolute atomic E-state index is 10.9. The number of aliphatic carboxylic acids is 1. The maximum atomic E-state index is 10.9. The molecule has 2 heteroatoms. The zero-order chi connectivity index (χ0) is 15.6. The lowest BCUT2D eigenvalue weighted by atomic mass is 9.81. The van der Waals surface area contributed by atoms with Gasteiger partial charge in [-0.1, -0.05) is 27.7 Å². The van der Waals surface area contributed by atoms with Crippen molar-refractivity contribution in [2.75, 3.05) is 0 Å². The Morgan fingerprint density at radius 1 is 0.952 bits per heavy atom. The van der Waals surface area contributed by atoms with Gasteiger partial charge in [0.05, 0.1) is 0 Å². The minimum Gasteiger partial charge on any atom is -0.481 e. The lowest BCUT2D eigenvalue weighted by molar-refractivity contribution is -0.138. The third-order valence-electron chi connectivity index (χ3n) is 6.79. The van der Waals surface area contributed by atoms with Gasteiger partial charge in [0.2, 0.25) is 0 Å². The second kappa shape index (κ2) is 7.15. The average Bonchev–Trinajstić information content (AvgIpc) is 3.05. The minimum atomic E-state index is -0.627. The fourth-order valence-electron chi connectivity index (χ4n) is 4.94. The summed E-state index contributed by atoms with van der Waals surface area (Å²) in [6, 6.07) is 0. The van der Waals surface area contributed by atoms with Crippen LogP contribution in [-0.2, 0) is 4.79 Å². The van der Waals surface area contributed by atoms with E-state index < -0.39 is 5.97 Å². The SMILES string of the molecule is CC(C)C(C)C1CCC(C2CCC(C(C)CC(=O)O)C2)C1. The zero-order valence-electron chi connectivity index (χ0n) is 14.3. The molecular formula is C19H34O2. The number of hydrogen-bond donors (Lipinski definition) is 1. The fraction of sp³-hybridized carbons (Fsp3) is 0.947. The molecule has 1 N–H and O–H groups in total. The van der Waals surface area contributed by atoms with Crippen LogP contribution < -0.4 is 0 Å². The van der Waals surface area contributed by atoms with Crippen molar-refractivity contribution in [2.45, 2.75) is 72.6 Å². The smallest absolute Gasteiger partial charge is 0.303 e. The molecule has 21 heavy (non-hydrogen) atoms. The van der Waals surface area contributed by atoms with E-state index in [2.05, 4.69) is 27.7 Å². The zero-order valence-corrected chi connectivity index (χ0v) is 14.3. The van der Waals surface area contributed by atoms with Crippen molar-refractivity contribution in [3.63, 3.8) is 0 Å². The summed E-state index contributed by atoms with van der Waals surface area (Å²) in [7, 11) is 0. The molecule has 0 amide bonds. The van der Waals surface area contributed by atoms with Crippen molar-refractivity contribution < 1.29 is 9.90 Å². The summed E-state index contributed by atoms with van der Waals surface area (Å²) in [5.41, 5.74) is 0. The maximum Gasteiger partial charge on any atom is 0.303 e. The van der Waals surface area contributed by atoms with Crippen LogP contribution in [0.4, 0.5) is 0 Å². The molecule has 0 bridgehead atoms. The van der Waals surface area contributed by atoms with E-state index in [1.54, 1.807) is 0 Å². The minimum absolute atomic E-state index is 0.356. The van der Waals surface area contributed by atoms with E-state index in [0.717, 1.165) is 29.6 Å². The Hall–Kier alpha value is -0.530. The van der Waals surface area contributed by atoms with Gasteiger partial charge < -0.3 is 5.11 Å². The molecule has 0 aromatic heterocycles. The molecule has 2 nitrogen and oxygen atoms in total. The molecular weight excluding hydrogens is 260 g/mol. The summed E-state index contributed by atoms with van der Waals surface area (Å²) in [6.45, 7) is 9.29. The van der Waals surface area contributed by atoms with Gasteiger partial charge in [0.15, 0.2) is 0 Å². The first-order valence-electron chi connectivity index (χ1n) is 9.10. The van der Waals surface area contributed by atoms with Crippen molar-refractivity contribution >= 4 is 5.97 Å². The molecule has 6 unspecified atom stereocenters. The standard InChI is InChI=1S/C19H34O2/c1-12(2)14(4)16-6-8-18(11-16)17-7-5-15(10-17)13(3)9-19(20)21/h12-18H,5-11H2,1-4H3,(H,20,21). The molecule has 0 heterocycles. The van der Waals surface area contributed by atoms with E-state index in [4.69, 9.17) is 5.11 Å². The summed E-state index contributed by atoms with van der Waals surface area (Å²) in [5, 5.41) is 8.97. The Morgan fingerprint density at radius 2 is 1.48 bits per heavy atom. The third-order valence-corrected chi connectivity index (χ3v) is 6.79. The van der Waals surface area contributed by atoms with Crippen molar-refractivity contribution in [3.8, 4) is 0 Å². The molecule has 2 aliphatic rings. The van der Waals surface area contributed by atoms with Crippen LogP contribution in [0.15, 0.2) is 0 Å². The van der Waals surface area contributed by atoms with E-state index in [-0.39, 0.29) is 0 Å². The summed E-state index contributed by atoms with van der Waals surface area (Å²) in [6.07, 6.45) is 8.55. The van der Waals surface area contributed by atoms with Gasteiger partial charge in [0, 0.05) is 6.42 Å². The van der Waals surface area contributed by atoms with Crippen molar-refractivity contribution in [3.05, 3.63) is 0 Å². The quantitative estimate of drug-likeness (QED) is 0.729. The third kappa shape index (κ3) is 4.23. The van der Waals surface area contributed by atoms with Crippen LogP contribution >= 0.6 is 0 Å². The first-order valence-corrected chi connectivity index (χ1v) is 9.10. The molecule has 2 rings (SSSR count). The van der Waals surface area contributed by atoms with Gasteiger partial charge >= 0.3 is 5.97 Å². The number of carboxylic acid groups (broad SMARTS) is 1. The number of carboxylic acids is 1. The Morgan fingerprint density at radius 3 is 2.00 bits per heavy atom. The molecule has 0 saturated heterocycles. The number of carbonyl (C=O) groups is 1. The highest BCUT2D eigenvalue weighted by Gasteiger charge is 2.38. The summed E-state index contributed by atoms with van der Waals surface area (Å²) in [5.74, 6) is 4.81. The predicted molar refractivity (Wildman–Crippen MR) is 87.1 cm³/mol. The van der Waals surface area contributed by atoms with Crippen molar-refractivity contribution in [2.24, 2.45) is 41.4 Å². The van der Waals surface area contributed by atoms with Gasteiger partial charge in [-0.15, -0.1) is 0 Å². The topological polar surface area (TPSA) is 37.3 Å². The first-order chi connectivity index (χ1) is 9.88. The summed E-state index contributed by atoms with van der Waals surface area (Å²) < 4.78 is 0. The van der Waals surface area contributed by atoms with E-state index in [1.165, 1.54) is 38.5 Å². The molecule has 0 aromatic rings. The molecule has 0 aromatic carbocycles. The summed E-state index contributed by atoms with van der Waals surface area (Å²) >= 11 is 0. The normalized spacial score (nSPS) is 36.0. The van der Waals surface area contributed by atoms with E-state index in [9.17, 15) is 4.79 Å². The monoisotopic (exact) mass is 294 g/mol. The van der Waals surface area contributed by atoms with Crippen LogP contribution in [0.5, 0.6) is 0 Å². The largest absolute Gasteiger partial charge is 0.481 e. The molecule has 0 aliphatic heterocycles. The van der Waals surface area contributed by atoms with E-state index in [1.807, 2.05) is 0 Å². The van der Waals surface area contributed by atoms with Gasteiger partial charge in [-0.25, -0.2) is 0 Å². The Balaban J connectivity index is 1.81. The number of hydrogen-bond acceptors (Lipinski definition) is 1. The second-order valence-electron chi connectivity index (χ2n) is 8.34. The first kappa shape index (κ1) is 16.8. The molecule has 2 saturated carbocycles. The molecule has 2 fully saturated rings. The van der Waals surface area contributed by atoms with Crippen LogP contribution in [0.1, 0.15) is 72.6 Å². The lowest BCUT2D eigenvalue weighted by Gasteiger charge is -2.25. The Bertz CT molecular complexity index is 349. The fourth-order valence-corrected chi connectivity index (χ4v) is 4.94. The lowest BCUT2D eigenvalue weighted by Crippen LogP contribution is -2.17. The van der Waals surface area contributed by atoms with Crippen molar-refractivity contribution in [1.82, 2.24) is 0 Å². The highest BCUT2D eigenvalue weighted by Crippen LogP contribution is 2.48. The summed E-state index contributed by atoms with van der Waals surface area (Å²) in [4.78, 5) is 10.9. The molecule has 122 valence electrons. The molecule has 0 radical (unpaired) electrons. The van der Waals surface area contributed by atoms with Crippen molar-refractivity contribution in [1.29, 1.82) is 0 Å². The van der Waals surface area contributed by atoms with Crippen LogP contribution in [0, 0.1) is 41.4 Å². The highest BCUT2D eigenvalue weighted by atomic mass is 16.4. The Kier molecular flexibility index (Phi) is 5.73. The van der Waals surface area contributed by atoms with Crippen LogP contribution in [0.2, 0.25) is 0 Å². The highest BCUT2D eigenvalue weighted by molar-refractivity contribution is 5.67. The van der Waals surface area contributed by atoms with Gasteiger partial charge in [-0.3, -0.25) is 4.79 Å². The molecule has 2 aliphatic carbocycles. The van der Waals surface area contributed by atoms with Gasteiger partial charge in [0.1, 0.15) is 0 Å². The van der Waals surface area contributed by atoms with Gasteiger partial charge in [-0.2, -0.15) is 0 Å². The van der Waals surface area contributed by atoms with Crippen LogP contribution in [0.25, 0.3) is 0 Å². The van der Waals surface area contributed by atoms with E-state index >= 15 is 0 Å². The van der Waals surface area contributed by atoms with Gasteiger partial charge in [0.25, 0.3) is 0 Å². The predicted octanol–water partition coefficient (Wildman–Crippen LogP) is 5.22. The number of rotatable bonds is 6. The van der Waals surface area contributed by atoms with Crippen LogP contribution in [0.3, 0.4) is 0 Å². The molecule has 6 atom stereocenters. The second-order valence-corrected chi connectivity index (χ2v) is 8.34. The van der Waals surface area contributed by atoms with Crippen LogP contribution in [-0.4, -0.2) is 11.1 Å². The Labute approximate surface area is 130 Å². The average molecular weight is 294 g/mol. The van der Waals surface area contributed by atoms with E-state index in [0.29, 0.717) is 18.3 Å². The van der Waals surface area contributed by atoms with Gasteiger partial charge in [-0.05, 0) is 80.0 Å².